The number of aromatic nitrogens is 4. The molecule has 308 valence electrons. The second kappa shape index (κ2) is 21.2. The van der Waals surface area contributed by atoms with Crippen molar-refractivity contribution in [1.82, 2.24) is 29.7 Å². The summed E-state index contributed by atoms with van der Waals surface area (Å²) in [4.78, 5) is 68.6. The van der Waals surface area contributed by atoms with Crippen molar-refractivity contribution in [2.75, 3.05) is 37.2 Å². The Morgan fingerprint density at radius 3 is 1.57 bits per heavy atom. The number of benzene rings is 4. The number of nitrogens with one attached hydrogen (secondary N) is 1. The number of carbonyl (C=O) groups is 4. The molecule has 2 aromatic heterocycles. The number of amides is 3. The summed E-state index contributed by atoms with van der Waals surface area (Å²) in [6, 6.07) is 30.0. The number of nitrogens with two attached hydrogens (primary N) is 1. The SMILES string of the molecule is CC#CC(=O)Cl.CC#CC(=O)Nc1ccc(C(=O)N2CC[C@@H](Cc3ncc4ccccc4n3)C2)cc1.Nc1ccc(C(=O)N2CC[C@@H](Cc3ncc4ccccc4n3)C2)cc1. The quantitative estimate of drug-likeness (QED) is 0.0981. The summed E-state index contributed by atoms with van der Waals surface area (Å²) < 4.78 is 0. The summed E-state index contributed by atoms with van der Waals surface area (Å²) >= 11 is 4.77. The van der Waals surface area contributed by atoms with E-state index in [0.29, 0.717) is 40.9 Å². The molecule has 6 aromatic rings. The third-order valence-electron chi connectivity index (χ3n) is 10.2. The van der Waals surface area contributed by atoms with Crippen LogP contribution in [0.5, 0.6) is 0 Å². The highest BCUT2D eigenvalue weighted by Crippen LogP contribution is 2.24. The second-order valence-electron chi connectivity index (χ2n) is 14.6. The fraction of sp³-hybridized carbons (Fsp3) is 0.250. The van der Waals surface area contributed by atoms with E-state index < -0.39 is 5.24 Å². The normalized spacial score (nSPS) is 15.2. The van der Waals surface area contributed by atoms with Gasteiger partial charge in [-0.3, -0.25) is 19.2 Å². The van der Waals surface area contributed by atoms with Crippen LogP contribution in [-0.4, -0.2) is 78.9 Å². The topological polar surface area (TPSA) is 164 Å². The molecule has 12 nitrogen and oxygen atoms in total. The average Bonchev–Trinajstić information content (AvgIpc) is 3.94. The maximum Gasteiger partial charge on any atom is 0.300 e. The Bertz CT molecular complexity index is 2650. The molecule has 13 heteroatoms. The zero-order valence-corrected chi connectivity index (χ0v) is 34.7. The summed E-state index contributed by atoms with van der Waals surface area (Å²) in [5.74, 6) is 11.5. The first-order valence-corrected chi connectivity index (χ1v) is 20.3. The highest BCUT2D eigenvalue weighted by molar-refractivity contribution is 6.68. The minimum atomic E-state index is -0.600. The van der Waals surface area contributed by atoms with Gasteiger partial charge in [0.2, 0.25) is 0 Å². The Labute approximate surface area is 360 Å². The largest absolute Gasteiger partial charge is 0.399 e. The highest BCUT2D eigenvalue weighted by atomic mass is 35.5. The first-order valence-electron chi connectivity index (χ1n) is 19.9. The van der Waals surface area contributed by atoms with Crippen molar-refractivity contribution < 1.29 is 19.2 Å². The lowest BCUT2D eigenvalue weighted by molar-refractivity contribution is -0.111. The van der Waals surface area contributed by atoms with Gasteiger partial charge in [-0.25, -0.2) is 19.9 Å². The van der Waals surface area contributed by atoms with Crippen molar-refractivity contribution in [1.29, 1.82) is 0 Å². The Morgan fingerprint density at radius 2 is 1.13 bits per heavy atom. The van der Waals surface area contributed by atoms with Crippen molar-refractivity contribution in [2.24, 2.45) is 11.8 Å². The first kappa shape index (κ1) is 43.4. The van der Waals surface area contributed by atoms with Gasteiger partial charge in [0.05, 0.1) is 11.0 Å². The van der Waals surface area contributed by atoms with Crippen LogP contribution in [0.1, 0.15) is 59.1 Å². The van der Waals surface area contributed by atoms with Gasteiger partial charge in [-0.05, 0) is 123 Å². The monoisotopic (exact) mass is 832 g/mol. The Hall–Kier alpha value is -7.15. The van der Waals surface area contributed by atoms with Gasteiger partial charge < -0.3 is 20.9 Å². The number of hydrogen-bond donors (Lipinski definition) is 2. The summed E-state index contributed by atoms with van der Waals surface area (Å²) in [5.41, 5.74) is 10.2. The van der Waals surface area contributed by atoms with Crippen LogP contribution in [-0.2, 0) is 22.4 Å². The molecule has 2 aliphatic heterocycles. The molecule has 3 N–H and O–H groups in total. The van der Waals surface area contributed by atoms with Crippen LogP contribution >= 0.6 is 11.6 Å². The molecule has 0 aliphatic carbocycles. The number of carbonyl (C=O) groups excluding carboxylic acids is 4. The summed E-state index contributed by atoms with van der Waals surface area (Å²) in [6.07, 6.45) is 7.23. The van der Waals surface area contributed by atoms with Gasteiger partial charge in [-0.1, -0.05) is 48.2 Å². The zero-order valence-electron chi connectivity index (χ0n) is 34.0. The Kier molecular flexibility index (Phi) is 15.1. The van der Waals surface area contributed by atoms with Crippen molar-refractivity contribution in [3.63, 3.8) is 0 Å². The first-order chi connectivity index (χ1) is 29.6. The number of hydrogen-bond acceptors (Lipinski definition) is 9. The molecular weight excluding hydrogens is 788 g/mol. The average molecular weight is 833 g/mol. The maximum absolute atomic E-state index is 12.8. The van der Waals surface area contributed by atoms with Gasteiger partial charge in [0.15, 0.2) is 0 Å². The van der Waals surface area contributed by atoms with Gasteiger partial charge in [0.25, 0.3) is 23.0 Å². The summed E-state index contributed by atoms with van der Waals surface area (Å²) in [7, 11) is 0. The van der Waals surface area contributed by atoms with Crippen LogP contribution in [0.15, 0.2) is 109 Å². The molecule has 4 aromatic carbocycles. The molecule has 61 heavy (non-hydrogen) atoms. The van der Waals surface area contributed by atoms with E-state index >= 15 is 0 Å². The van der Waals surface area contributed by atoms with Crippen molar-refractivity contribution in [3.8, 4) is 23.7 Å². The van der Waals surface area contributed by atoms with Gasteiger partial charge in [0, 0.05) is 84.7 Å². The van der Waals surface area contributed by atoms with E-state index in [-0.39, 0.29) is 17.7 Å². The van der Waals surface area contributed by atoms with E-state index in [1.807, 2.05) is 70.7 Å². The third kappa shape index (κ3) is 12.4. The maximum atomic E-state index is 12.8. The Morgan fingerprint density at radius 1 is 0.672 bits per heavy atom. The number of nitrogens with zero attached hydrogens (tertiary/aromatic N) is 6. The van der Waals surface area contributed by atoms with E-state index in [1.54, 1.807) is 62.4 Å². The predicted octanol–water partition coefficient (Wildman–Crippen LogP) is 6.99. The predicted molar refractivity (Wildman–Crippen MR) is 238 cm³/mol. The number of para-hydroxylation sites is 2. The molecule has 0 unspecified atom stereocenters. The van der Waals surface area contributed by atoms with Crippen molar-refractivity contribution in [2.45, 2.75) is 39.5 Å². The van der Waals surface area contributed by atoms with Gasteiger partial charge in [-0.15, -0.1) is 0 Å². The fourth-order valence-corrected chi connectivity index (χ4v) is 7.26. The van der Waals surface area contributed by atoms with E-state index in [9.17, 15) is 19.2 Å². The minimum Gasteiger partial charge on any atom is -0.399 e. The number of nitrogen functional groups attached to an aromatic ring is 1. The lowest BCUT2D eigenvalue weighted by atomic mass is 10.0. The molecule has 0 radical (unpaired) electrons. The summed E-state index contributed by atoms with van der Waals surface area (Å²) in [5, 5.41) is 4.16. The van der Waals surface area contributed by atoms with E-state index in [4.69, 9.17) is 17.3 Å². The molecule has 2 atom stereocenters. The highest BCUT2D eigenvalue weighted by Gasteiger charge is 2.29. The lowest BCUT2D eigenvalue weighted by Crippen LogP contribution is -2.29. The molecule has 0 spiro atoms. The van der Waals surface area contributed by atoms with E-state index in [1.165, 1.54) is 0 Å². The number of halogens is 1. The van der Waals surface area contributed by atoms with Crippen LogP contribution in [0.3, 0.4) is 0 Å². The number of likely N-dealkylation sites (tertiary alicyclic amines) is 2. The van der Waals surface area contributed by atoms with Crippen molar-refractivity contribution >= 4 is 67.7 Å². The second-order valence-corrected chi connectivity index (χ2v) is 14.9. The Balaban J connectivity index is 0.000000182. The molecular formula is C48H45ClN8O4. The van der Waals surface area contributed by atoms with Crippen LogP contribution in [0.4, 0.5) is 11.4 Å². The zero-order chi connectivity index (χ0) is 43.1. The summed E-state index contributed by atoms with van der Waals surface area (Å²) in [6.45, 7) is 6.11. The van der Waals surface area contributed by atoms with Gasteiger partial charge >= 0.3 is 0 Å². The number of anilines is 2. The molecule has 2 fully saturated rings. The van der Waals surface area contributed by atoms with Crippen molar-refractivity contribution in [3.05, 3.63) is 132 Å². The van der Waals surface area contributed by atoms with Gasteiger partial charge in [-0.2, -0.15) is 0 Å². The van der Waals surface area contributed by atoms with Crippen LogP contribution in [0.2, 0.25) is 0 Å². The molecule has 4 heterocycles. The fourth-order valence-electron chi connectivity index (χ4n) is 7.16. The van der Waals surface area contributed by atoms with Gasteiger partial charge in [0.1, 0.15) is 11.6 Å². The lowest BCUT2D eigenvalue weighted by Gasteiger charge is -2.17. The van der Waals surface area contributed by atoms with Crippen LogP contribution in [0.25, 0.3) is 21.8 Å². The molecule has 0 saturated carbocycles. The molecule has 2 aliphatic rings. The standard InChI is InChI=1S/C24H22N4O2.C20H20N4O.C4H3ClO/c1-2-5-23(29)26-20-10-8-18(9-11-20)24(30)28-13-12-17(16-28)14-22-25-15-19-6-3-4-7-21(19)27-22;21-17-7-5-15(6-8-17)20(25)24-10-9-14(13-24)11-19-22-12-16-3-1-2-4-18(16)23-19;1-2-3-4(5)6/h3-4,6-11,15,17H,12-14,16H2,1H3,(H,26,29);1-8,12,14H,9-11,13,21H2;1H3/t17-;14-;/m00./s1. The molecule has 8 rings (SSSR count). The smallest absolute Gasteiger partial charge is 0.300 e. The number of rotatable bonds is 7. The molecule has 2 saturated heterocycles. The third-order valence-corrected chi connectivity index (χ3v) is 10.3. The number of fused-ring (bicyclic) bond motifs is 2. The van der Waals surface area contributed by atoms with E-state index in [2.05, 4.69) is 48.9 Å². The molecule has 3 amide bonds. The van der Waals surface area contributed by atoms with Crippen LogP contribution < -0.4 is 11.1 Å². The molecule has 0 bridgehead atoms. The van der Waals surface area contributed by atoms with Crippen LogP contribution in [0, 0.1) is 35.5 Å². The minimum absolute atomic E-state index is 0.00292. The van der Waals surface area contributed by atoms with E-state index in [0.717, 1.165) is 78.8 Å².